The molecule has 0 aliphatic heterocycles. The van der Waals surface area contributed by atoms with E-state index in [4.69, 9.17) is 0 Å². The van der Waals surface area contributed by atoms with Crippen molar-refractivity contribution in [3.8, 4) is 0 Å². The van der Waals surface area contributed by atoms with Crippen LogP contribution in [-0.4, -0.2) is 5.78 Å². The van der Waals surface area contributed by atoms with Crippen LogP contribution < -0.4 is 0 Å². The molecule has 18 heavy (non-hydrogen) atoms. The largest absolute Gasteiger partial charge is 0.295 e. The first kappa shape index (κ1) is 17.2. The molecule has 0 radical (unpaired) electrons. The van der Waals surface area contributed by atoms with Crippen LogP contribution >= 0.6 is 0 Å². The van der Waals surface area contributed by atoms with Crippen molar-refractivity contribution in [3.05, 3.63) is 24.3 Å². The lowest BCUT2D eigenvalue weighted by molar-refractivity contribution is -0.114. The van der Waals surface area contributed by atoms with Gasteiger partial charge in [0.25, 0.3) is 0 Å². The molecule has 0 aliphatic carbocycles. The molecule has 0 heterocycles. The molecule has 1 heteroatoms. The molecule has 0 fully saturated rings. The number of allylic oxidation sites excluding steroid dienone is 3. The van der Waals surface area contributed by atoms with Crippen LogP contribution in [0.25, 0.3) is 0 Å². The second kappa shape index (κ2) is 7.56. The molecule has 1 unspecified atom stereocenters. The average molecular weight is 250 g/mol. The van der Waals surface area contributed by atoms with Crippen molar-refractivity contribution in [2.75, 3.05) is 0 Å². The zero-order valence-corrected chi connectivity index (χ0v) is 13.0. The zero-order valence-electron chi connectivity index (χ0n) is 13.0. The first-order valence-corrected chi connectivity index (χ1v) is 7.07. The van der Waals surface area contributed by atoms with Gasteiger partial charge in [-0.2, -0.15) is 0 Å². The minimum atomic E-state index is 0.205. The fourth-order valence-corrected chi connectivity index (χ4v) is 2.11. The standard InChI is InChI=1S/C17H30O/c1-8-9-15(18)11-10-14(4)16(13(2)3)12-17(5,6)7/h10-11,13,16H,4,8-9,12H2,1-3,5-7H3/b11-10-. The maximum atomic E-state index is 11.5. The predicted molar refractivity (Wildman–Crippen MR) is 80.6 cm³/mol. The highest BCUT2D eigenvalue weighted by molar-refractivity contribution is 5.89. The predicted octanol–water partition coefficient (Wildman–Crippen LogP) is 5.18. The smallest absolute Gasteiger partial charge is 0.155 e. The molecule has 0 bridgehead atoms. The number of carbonyl (C=O) groups is 1. The summed E-state index contributed by atoms with van der Waals surface area (Å²) in [5.74, 6) is 1.22. The van der Waals surface area contributed by atoms with Gasteiger partial charge in [0.2, 0.25) is 0 Å². The summed E-state index contributed by atoms with van der Waals surface area (Å²) >= 11 is 0. The van der Waals surface area contributed by atoms with Gasteiger partial charge in [-0.1, -0.05) is 59.8 Å². The van der Waals surface area contributed by atoms with Crippen molar-refractivity contribution in [2.45, 2.75) is 60.8 Å². The Hall–Kier alpha value is -0.850. The van der Waals surface area contributed by atoms with Gasteiger partial charge < -0.3 is 0 Å². The van der Waals surface area contributed by atoms with Gasteiger partial charge in [-0.25, -0.2) is 0 Å². The number of hydrogen-bond donors (Lipinski definition) is 0. The monoisotopic (exact) mass is 250 g/mol. The molecule has 0 spiro atoms. The first-order chi connectivity index (χ1) is 8.17. The topological polar surface area (TPSA) is 17.1 Å². The van der Waals surface area contributed by atoms with E-state index < -0.39 is 0 Å². The Labute approximate surface area is 113 Å². The van der Waals surface area contributed by atoms with E-state index in [-0.39, 0.29) is 5.78 Å². The summed E-state index contributed by atoms with van der Waals surface area (Å²) in [6.45, 7) is 17.4. The minimum Gasteiger partial charge on any atom is -0.295 e. The van der Waals surface area contributed by atoms with Crippen molar-refractivity contribution in [3.63, 3.8) is 0 Å². The molecule has 1 atom stereocenters. The Kier molecular flexibility index (Phi) is 7.20. The van der Waals surface area contributed by atoms with Crippen LogP contribution in [0, 0.1) is 17.3 Å². The van der Waals surface area contributed by atoms with Crippen LogP contribution in [0.1, 0.15) is 60.8 Å². The Morgan fingerprint density at radius 2 is 1.78 bits per heavy atom. The highest BCUT2D eigenvalue weighted by atomic mass is 16.1. The van der Waals surface area contributed by atoms with Gasteiger partial charge in [-0.05, 0) is 36.2 Å². The summed E-state index contributed by atoms with van der Waals surface area (Å²) in [5, 5.41) is 0. The zero-order chi connectivity index (χ0) is 14.3. The van der Waals surface area contributed by atoms with Crippen LogP contribution in [0.2, 0.25) is 0 Å². The number of carbonyl (C=O) groups excluding carboxylic acids is 1. The quantitative estimate of drug-likeness (QED) is 0.449. The Morgan fingerprint density at radius 1 is 1.22 bits per heavy atom. The first-order valence-electron chi connectivity index (χ1n) is 7.07. The van der Waals surface area contributed by atoms with E-state index in [9.17, 15) is 4.79 Å². The number of ketones is 1. The summed E-state index contributed by atoms with van der Waals surface area (Å²) in [5.41, 5.74) is 1.38. The Morgan fingerprint density at radius 3 is 2.17 bits per heavy atom. The second-order valence-corrected chi connectivity index (χ2v) is 6.74. The van der Waals surface area contributed by atoms with Gasteiger partial charge in [0.15, 0.2) is 5.78 Å². The van der Waals surface area contributed by atoms with Gasteiger partial charge in [-0.3, -0.25) is 4.79 Å². The maximum absolute atomic E-state index is 11.5. The number of hydrogen-bond acceptors (Lipinski definition) is 1. The average Bonchev–Trinajstić information content (AvgIpc) is 2.21. The summed E-state index contributed by atoms with van der Waals surface area (Å²) in [7, 11) is 0. The molecule has 0 N–H and O–H groups in total. The minimum absolute atomic E-state index is 0.205. The van der Waals surface area contributed by atoms with Gasteiger partial charge in [0.05, 0.1) is 0 Å². The summed E-state index contributed by atoms with van der Waals surface area (Å²) < 4.78 is 0. The Balaban J connectivity index is 4.64. The van der Waals surface area contributed by atoms with Crippen LogP contribution in [-0.2, 0) is 4.79 Å². The lowest BCUT2D eigenvalue weighted by Gasteiger charge is -2.29. The molecule has 0 aromatic heterocycles. The lowest BCUT2D eigenvalue weighted by atomic mass is 9.76. The van der Waals surface area contributed by atoms with Gasteiger partial charge in [0, 0.05) is 6.42 Å². The van der Waals surface area contributed by atoms with Crippen LogP contribution in [0.3, 0.4) is 0 Å². The number of rotatable bonds is 7. The molecule has 0 amide bonds. The summed E-state index contributed by atoms with van der Waals surface area (Å²) in [4.78, 5) is 11.5. The van der Waals surface area contributed by atoms with Crippen LogP contribution in [0.15, 0.2) is 24.3 Å². The molecular weight excluding hydrogens is 220 g/mol. The molecule has 104 valence electrons. The van der Waals surface area contributed by atoms with Crippen LogP contribution in [0.4, 0.5) is 0 Å². The van der Waals surface area contributed by atoms with Crippen molar-refractivity contribution >= 4 is 5.78 Å². The fourth-order valence-electron chi connectivity index (χ4n) is 2.11. The van der Waals surface area contributed by atoms with Crippen molar-refractivity contribution in [1.29, 1.82) is 0 Å². The third-order valence-corrected chi connectivity index (χ3v) is 3.09. The molecule has 0 aliphatic rings. The van der Waals surface area contributed by atoms with Gasteiger partial charge >= 0.3 is 0 Å². The van der Waals surface area contributed by atoms with E-state index >= 15 is 0 Å². The van der Waals surface area contributed by atoms with E-state index in [2.05, 4.69) is 41.2 Å². The van der Waals surface area contributed by atoms with E-state index in [0.29, 0.717) is 23.7 Å². The van der Waals surface area contributed by atoms with Crippen molar-refractivity contribution < 1.29 is 4.79 Å². The third-order valence-electron chi connectivity index (χ3n) is 3.09. The van der Waals surface area contributed by atoms with Crippen molar-refractivity contribution in [1.82, 2.24) is 0 Å². The molecular formula is C17H30O. The molecule has 0 saturated carbocycles. The summed E-state index contributed by atoms with van der Waals surface area (Å²) in [6, 6.07) is 0. The molecule has 0 aromatic rings. The second-order valence-electron chi connectivity index (χ2n) is 6.74. The SMILES string of the molecule is C=C(/C=C\C(=O)CCC)C(CC(C)(C)C)C(C)C. The van der Waals surface area contributed by atoms with E-state index in [0.717, 1.165) is 18.4 Å². The molecule has 0 rings (SSSR count). The summed E-state index contributed by atoms with van der Waals surface area (Å²) in [6.07, 6.45) is 6.27. The highest BCUT2D eigenvalue weighted by Gasteiger charge is 2.22. The fraction of sp³-hybridized carbons (Fsp3) is 0.706. The normalized spacial score (nSPS) is 14.2. The third kappa shape index (κ3) is 7.47. The van der Waals surface area contributed by atoms with Gasteiger partial charge in [0.1, 0.15) is 0 Å². The maximum Gasteiger partial charge on any atom is 0.155 e. The van der Waals surface area contributed by atoms with Crippen molar-refractivity contribution in [2.24, 2.45) is 17.3 Å². The molecule has 1 nitrogen and oxygen atoms in total. The molecule has 0 saturated heterocycles. The van der Waals surface area contributed by atoms with E-state index in [1.807, 2.05) is 13.0 Å². The van der Waals surface area contributed by atoms with Crippen LogP contribution in [0.5, 0.6) is 0 Å². The lowest BCUT2D eigenvalue weighted by Crippen LogP contribution is -2.19. The van der Waals surface area contributed by atoms with Gasteiger partial charge in [-0.15, -0.1) is 0 Å². The highest BCUT2D eigenvalue weighted by Crippen LogP contribution is 2.33. The van der Waals surface area contributed by atoms with E-state index in [1.165, 1.54) is 0 Å². The molecule has 0 aromatic carbocycles. The Bertz CT molecular complexity index is 302. The van der Waals surface area contributed by atoms with E-state index in [1.54, 1.807) is 6.08 Å².